The smallest absolute Gasteiger partial charge is 0.191 e. The molecule has 0 saturated carbocycles. The third kappa shape index (κ3) is 5.88. The topological polar surface area (TPSA) is 72.8 Å². The van der Waals surface area contributed by atoms with Crippen LogP contribution in [0.1, 0.15) is 25.3 Å². The van der Waals surface area contributed by atoms with Gasteiger partial charge in [0, 0.05) is 38.4 Å². The Morgan fingerprint density at radius 2 is 2.07 bits per heavy atom. The number of hydrogen-bond donors (Lipinski definition) is 3. The molecule has 3 rings (SSSR count). The molecule has 0 unspecified atom stereocenters. The molecular weight excluding hydrogens is 338 g/mol. The summed E-state index contributed by atoms with van der Waals surface area (Å²) in [5.41, 5.74) is 1.10. The molecule has 0 atom stereocenters. The number of phenolic OH excluding ortho intramolecular Hbond substituents is 1. The summed E-state index contributed by atoms with van der Waals surface area (Å²) in [6.07, 6.45) is 4.78. The van der Waals surface area contributed by atoms with Crippen LogP contribution in [0.15, 0.2) is 53.7 Å². The molecule has 1 aromatic heterocycles. The quantitative estimate of drug-likeness (QED) is 0.541. The fourth-order valence-electron chi connectivity index (χ4n) is 3.32. The molecule has 1 aliphatic heterocycles. The summed E-state index contributed by atoms with van der Waals surface area (Å²) in [5, 5.41) is 16.5. The van der Waals surface area contributed by atoms with Gasteiger partial charge >= 0.3 is 0 Å². The number of hydrogen-bond acceptors (Lipinski definition) is 4. The molecule has 1 saturated heterocycles. The van der Waals surface area contributed by atoms with Gasteiger partial charge in [0.05, 0.1) is 0 Å². The summed E-state index contributed by atoms with van der Waals surface area (Å²) >= 11 is 0. The van der Waals surface area contributed by atoms with E-state index in [2.05, 4.69) is 33.5 Å². The molecular formula is C21H29N5O. The predicted octanol–water partition coefficient (Wildman–Crippen LogP) is 2.55. The molecule has 0 spiro atoms. The van der Waals surface area contributed by atoms with Crippen molar-refractivity contribution in [2.24, 2.45) is 4.99 Å². The molecule has 2 heterocycles. The van der Waals surface area contributed by atoms with Crippen LogP contribution < -0.4 is 15.5 Å². The SMILES string of the molecule is CCNC(=NCCc1cccc(O)c1)NC1CCN(c2ccccn2)CC1. The highest BCUT2D eigenvalue weighted by Gasteiger charge is 2.20. The predicted molar refractivity (Wildman–Crippen MR) is 110 cm³/mol. The van der Waals surface area contributed by atoms with E-state index in [9.17, 15) is 5.11 Å². The van der Waals surface area contributed by atoms with E-state index < -0.39 is 0 Å². The fraction of sp³-hybridized carbons (Fsp3) is 0.429. The summed E-state index contributed by atoms with van der Waals surface area (Å²) in [6, 6.07) is 13.8. The van der Waals surface area contributed by atoms with Gasteiger partial charge < -0.3 is 20.6 Å². The first-order valence-electron chi connectivity index (χ1n) is 9.73. The maximum absolute atomic E-state index is 9.56. The highest BCUT2D eigenvalue weighted by Crippen LogP contribution is 2.17. The highest BCUT2D eigenvalue weighted by atomic mass is 16.3. The fourth-order valence-corrected chi connectivity index (χ4v) is 3.32. The zero-order valence-electron chi connectivity index (χ0n) is 15.9. The second kappa shape index (κ2) is 9.80. The maximum Gasteiger partial charge on any atom is 0.191 e. The van der Waals surface area contributed by atoms with Crippen molar-refractivity contribution in [3.05, 3.63) is 54.2 Å². The Labute approximate surface area is 161 Å². The molecule has 27 heavy (non-hydrogen) atoms. The lowest BCUT2D eigenvalue weighted by Crippen LogP contribution is -2.49. The van der Waals surface area contributed by atoms with Crippen LogP contribution in [-0.2, 0) is 6.42 Å². The van der Waals surface area contributed by atoms with Crippen molar-refractivity contribution in [1.82, 2.24) is 15.6 Å². The first-order valence-corrected chi connectivity index (χ1v) is 9.73. The lowest BCUT2D eigenvalue weighted by molar-refractivity contribution is 0.459. The zero-order chi connectivity index (χ0) is 18.9. The summed E-state index contributed by atoms with van der Waals surface area (Å²) < 4.78 is 0. The number of aromatic nitrogens is 1. The van der Waals surface area contributed by atoms with Crippen molar-refractivity contribution in [2.45, 2.75) is 32.2 Å². The summed E-state index contributed by atoms with van der Waals surface area (Å²) in [5.74, 6) is 2.23. The second-order valence-electron chi connectivity index (χ2n) is 6.77. The molecule has 0 radical (unpaired) electrons. The van der Waals surface area contributed by atoms with Crippen molar-refractivity contribution in [1.29, 1.82) is 0 Å². The Kier molecular flexibility index (Phi) is 6.90. The number of nitrogens with one attached hydrogen (secondary N) is 2. The van der Waals surface area contributed by atoms with E-state index in [1.54, 1.807) is 12.1 Å². The second-order valence-corrected chi connectivity index (χ2v) is 6.77. The highest BCUT2D eigenvalue weighted by molar-refractivity contribution is 5.80. The standard InChI is InChI=1S/C21H29N5O/c1-2-22-21(24-13-9-17-6-5-7-19(27)16-17)25-18-10-14-26(15-11-18)20-8-3-4-12-23-20/h3-8,12,16,18,27H,2,9-11,13-15H2,1H3,(H2,22,24,25). The molecule has 3 N–H and O–H groups in total. The molecule has 0 bridgehead atoms. The van der Waals surface area contributed by atoms with Crippen molar-refractivity contribution in [3.63, 3.8) is 0 Å². The average molecular weight is 367 g/mol. The van der Waals surface area contributed by atoms with Gasteiger partial charge in [0.15, 0.2) is 5.96 Å². The first-order chi connectivity index (χ1) is 13.2. The van der Waals surface area contributed by atoms with Gasteiger partial charge in [-0.1, -0.05) is 18.2 Å². The number of guanidine groups is 1. The van der Waals surface area contributed by atoms with Gasteiger partial charge in [-0.3, -0.25) is 4.99 Å². The molecule has 2 aromatic rings. The Balaban J connectivity index is 1.49. The molecule has 6 nitrogen and oxygen atoms in total. The number of rotatable bonds is 6. The average Bonchev–Trinajstić information content (AvgIpc) is 2.69. The van der Waals surface area contributed by atoms with Crippen LogP contribution >= 0.6 is 0 Å². The minimum atomic E-state index is 0.307. The molecule has 1 aromatic carbocycles. The van der Waals surface area contributed by atoms with Crippen LogP contribution in [-0.4, -0.2) is 48.3 Å². The van der Waals surface area contributed by atoms with Crippen LogP contribution in [0, 0.1) is 0 Å². The van der Waals surface area contributed by atoms with E-state index in [1.165, 1.54) is 0 Å². The van der Waals surface area contributed by atoms with Gasteiger partial charge in [-0.2, -0.15) is 0 Å². The van der Waals surface area contributed by atoms with E-state index in [1.807, 2.05) is 30.5 Å². The summed E-state index contributed by atoms with van der Waals surface area (Å²) in [7, 11) is 0. The Bertz CT molecular complexity index is 726. The van der Waals surface area contributed by atoms with Crippen LogP contribution in [0.2, 0.25) is 0 Å². The van der Waals surface area contributed by atoms with E-state index >= 15 is 0 Å². The maximum atomic E-state index is 9.56. The molecule has 0 amide bonds. The van der Waals surface area contributed by atoms with E-state index in [0.29, 0.717) is 18.3 Å². The van der Waals surface area contributed by atoms with Gasteiger partial charge in [0.2, 0.25) is 0 Å². The van der Waals surface area contributed by atoms with Gasteiger partial charge in [-0.25, -0.2) is 4.98 Å². The van der Waals surface area contributed by atoms with E-state index in [-0.39, 0.29) is 0 Å². The molecule has 1 fully saturated rings. The lowest BCUT2D eigenvalue weighted by atomic mass is 10.1. The molecule has 0 aliphatic carbocycles. The first kappa shape index (κ1) is 19.0. The van der Waals surface area contributed by atoms with Gasteiger partial charge in [-0.15, -0.1) is 0 Å². The number of aliphatic imine (C=N–C) groups is 1. The van der Waals surface area contributed by atoms with Crippen molar-refractivity contribution in [2.75, 3.05) is 31.1 Å². The van der Waals surface area contributed by atoms with Crippen molar-refractivity contribution >= 4 is 11.8 Å². The third-order valence-corrected chi connectivity index (χ3v) is 4.73. The van der Waals surface area contributed by atoms with Gasteiger partial charge in [0.1, 0.15) is 11.6 Å². The van der Waals surface area contributed by atoms with Crippen LogP contribution in [0.4, 0.5) is 5.82 Å². The minimum absolute atomic E-state index is 0.307. The number of piperidine rings is 1. The van der Waals surface area contributed by atoms with Gasteiger partial charge in [0.25, 0.3) is 0 Å². The molecule has 6 heteroatoms. The largest absolute Gasteiger partial charge is 0.508 e. The summed E-state index contributed by atoms with van der Waals surface area (Å²) in [4.78, 5) is 11.5. The number of benzene rings is 1. The molecule has 144 valence electrons. The van der Waals surface area contributed by atoms with Gasteiger partial charge in [-0.05, 0) is 56.0 Å². The monoisotopic (exact) mass is 367 g/mol. The Morgan fingerprint density at radius 1 is 1.22 bits per heavy atom. The van der Waals surface area contributed by atoms with Crippen molar-refractivity contribution in [3.8, 4) is 5.75 Å². The van der Waals surface area contributed by atoms with Crippen LogP contribution in [0.25, 0.3) is 0 Å². The van der Waals surface area contributed by atoms with Crippen molar-refractivity contribution < 1.29 is 5.11 Å². The number of pyridine rings is 1. The van der Waals surface area contributed by atoms with E-state index in [4.69, 9.17) is 4.99 Å². The number of aromatic hydroxyl groups is 1. The van der Waals surface area contributed by atoms with E-state index in [0.717, 1.165) is 56.2 Å². The van der Waals surface area contributed by atoms with Crippen LogP contribution in [0.5, 0.6) is 5.75 Å². The third-order valence-electron chi connectivity index (χ3n) is 4.73. The molecule has 1 aliphatic rings. The summed E-state index contributed by atoms with van der Waals surface area (Å²) in [6.45, 7) is 5.60. The Hall–Kier alpha value is -2.76. The number of phenols is 1. The normalized spacial score (nSPS) is 15.6. The zero-order valence-corrected chi connectivity index (χ0v) is 15.9. The number of nitrogens with zero attached hydrogens (tertiary/aromatic N) is 3. The lowest BCUT2D eigenvalue weighted by Gasteiger charge is -2.33. The Morgan fingerprint density at radius 3 is 2.78 bits per heavy atom. The number of anilines is 1. The minimum Gasteiger partial charge on any atom is -0.508 e. The van der Waals surface area contributed by atoms with Crippen LogP contribution in [0.3, 0.4) is 0 Å².